The molecule has 1 N–H and O–H groups in total. The van der Waals surface area contributed by atoms with Crippen LogP contribution in [0.5, 0.6) is 0 Å². The highest BCUT2D eigenvalue weighted by Gasteiger charge is 2.03. The third-order valence-corrected chi connectivity index (χ3v) is 3.37. The van der Waals surface area contributed by atoms with Gasteiger partial charge in [-0.15, -0.1) is 0 Å². The van der Waals surface area contributed by atoms with E-state index in [-0.39, 0.29) is 6.61 Å². The van der Waals surface area contributed by atoms with E-state index in [1.54, 1.807) is 0 Å². The number of halogens is 2. The average molecular weight is 276 g/mol. The maximum Gasteiger partial charge on any atom is 0.0595 e. The van der Waals surface area contributed by atoms with Crippen LogP contribution in [0, 0.1) is 0 Å². The fourth-order valence-electron chi connectivity index (χ4n) is 1.70. The van der Waals surface area contributed by atoms with Crippen molar-refractivity contribution in [3.8, 4) is 0 Å². The van der Waals surface area contributed by atoms with Gasteiger partial charge in [-0.25, -0.2) is 0 Å². The van der Waals surface area contributed by atoms with Crippen molar-refractivity contribution in [2.24, 2.45) is 0 Å². The largest absolute Gasteiger partial charge is 0.396 e. The van der Waals surface area contributed by atoms with E-state index in [2.05, 4.69) is 11.9 Å². The zero-order valence-electron chi connectivity index (χ0n) is 10.1. The molecule has 0 atom stereocenters. The van der Waals surface area contributed by atoms with Gasteiger partial charge in [-0.05, 0) is 50.6 Å². The SMILES string of the molecule is CN(CCCCCO)Cc1ccc(Cl)c(Cl)c1. The second-order valence-electron chi connectivity index (χ2n) is 4.27. The van der Waals surface area contributed by atoms with E-state index in [4.69, 9.17) is 28.3 Å². The summed E-state index contributed by atoms with van der Waals surface area (Å²) in [5.74, 6) is 0. The van der Waals surface area contributed by atoms with E-state index in [9.17, 15) is 0 Å². The predicted molar refractivity (Wildman–Crippen MR) is 73.7 cm³/mol. The van der Waals surface area contributed by atoms with Crippen molar-refractivity contribution in [3.63, 3.8) is 0 Å². The van der Waals surface area contributed by atoms with Crippen molar-refractivity contribution in [3.05, 3.63) is 33.8 Å². The minimum atomic E-state index is 0.288. The van der Waals surface area contributed by atoms with Gasteiger partial charge < -0.3 is 10.0 Å². The number of aliphatic hydroxyl groups is 1. The highest BCUT2D eigenvalue weighted by molar-refractivity contribution is 6.42. The van der Waals surface area contributed by atoms with E-state index >= 15 is 0 Å². The molecule has 0 fully saturated rings. The van der Waals surface area contributed by atoms with Crippen molar-refractivity contribution in [2.45, 2.75) is 25.8 Å². The Bertz CT molecular complexity index is 344. The first kappa shape index (κ1) is 14.8. The number of unbranched alkanes of at least 4 members (excludes halogenated alkanes) is 2. The van der Waals surface area contributed by atoms with Crippen molar-refractivity contribution in [2.75, 3.05) is 20.2 Å². The Balaban J connectivity index is 2.34. The van der Waals surface area contributed by atoms with Crippen LogP contribution in [0.2, 0.25) is 10.0 Å². The molecular formula is C13H19Cl2NO. The Morgan fingerprint density at radius 1 is 1.12 bits per heavy atom. The fraction of sp³-hybridized carbons (Fsp3) is 0.538. The molecule has 96 valence electrons. The van der Waals surface area contributed by atoms with E-state index in [0.717, 1.165) is 32.4 Å². The molecule has 0 amide bonds. The number of aliphatic hydroxyl groups excluding tert-OH is 1. The molecule has 4 heteroatoms. The molecule has 0 aromatic heterocycles. The monoisotopic (exact) mass is 275 g/mol. The van der Waals surface area contributed by atoms with Gasteiger partial charge in [-0.3, -0.25) is 0 Å². The van der Waals surface area contributed by atoms with Crippen LogP contribution in [0.3, 0.4) is 0 Å². The minimum absolute atomic E-state index is 0.288. The highest BCUT2D eigenvalue weighted by Crippen LogP contribution is 2.23. The standard InChI is InChI=1S/C13H19Cl2NO/c1-16(7-3-2-4-8-17)10-11-5-6-12(14)13(15)9-11/h5-6,9,17H,2-4,7-8,10H2,1H3. The Morgan fingerprint density at radius 2 is 1.88 bits per heavy atom. The van der Waals surface area contributed by atoms with Crippen LogP contribution in [-0.4, -0.2) is 30.2 Å². The topological polar surface area (TPSA) is 23.5 Å². The maximum atomic E-state index is 8.68. The van der Waals surface area contributed by atoms with Gasteiger partial charge in [0.15, 0.2) is 0 Å². The Hall–Kier alpha value is -0.280. The third kappa shape index (κ3) is 5.73. The lowest BCUT2D eigenvalue weighted by Gasteiger charge is -2.16. The van der Waals surface area contributed by atoms with Crippen LogP contribution in [0.15, 0.2) is 18.2 Å². The summed E-state index contributed by atoms with van der Waals surface area (Å²) >= 11 is 11.8. The summed E-state index contributed by atoms with van der Waals surface area (Å²) < 4.78 is 0. The van der Waals surface area contributed by atoms with Crippen LogP contribution < -0.4 is 0 Å². The Labute approximate surface area is 113 Å². The molecule has 0 saturated heterocycles. The van der Waals surface area contributed by atoms with Gasteiger partial charge in [0, 0.05) is 13.2 Å². The summed E-state index contributed by atoms with van der Waals surface area (Å²) in [6.07, 6.45) is 3.07. The molecular weight excluding hydrogens is 257 g/mol. The van der Waals surface area contributed by atoms with Gasteiger partial charge in [0.2, 0.25) is 0 Å². The van der Waals surface area contributed by atoms with Crippen molar-refractivity contribution in [1.29, 1.82) is 0 Å². The first-order chi connectivity index (χ1) is 8.13. The van der Waals surface area contributed by atoms with Gasteiger partial charge in [0.1, 0.15) is 0 Å². The zero-order chi connectivity index (χ0) is 12.7. The molecule has 0 bridgehead atoms. The second-order valence-corrected chi connectivity index (χ2v) is 5.08. The summed E-state index contributed by atoms with van der Waals surface area (Å²) in [5.41, 5.74) is 1.17. The molecule has 2 nitrogen and oxygen atoms in total. The van der Waals surface area contributed by atoms with E-state index in [1.165, 1.54) is 5.56 Å². The van der Waals surface area contributed by atoms with Gasteiger partial charge in [-0.1, -0.05) is 29.3 Å². The van der Waals surface area contributed by atoms with Crippen LogP contribution in [-0.2, 0) is 6.54 Å². The molecule has 1 rings (SSSR count). The molecule has 0 aliphatic heterocycles. The third-order valence-electron chi connectivity index (χ3n) is 2.63. The molecule has 0 radical (unpaired) electrons. The molecule has 0 heterocycles. The van der Waals surface area contributed by atoms with Gasteiger partial charge in [-0.2, -0.15) is 0 Å². The molecule has 1 aromatic rings. The minimum Gasteiger partial charge on any atom is -0.396 e. The van der Waals surface area contributed by atoms with Gasteiger partial charge in [0.05, 0.1) is 10.0 Å². The first-order valence-corrected chi connectivity index (χ1v) is 6.62. The molecule has 17 heavy (non-hydrogen) atoms. The van der Waals surface area contributed by atoms with Gasteiger partial charge in [0.25, 0.3) is 0 Å². The highest BCUT2D eigenvalue weighted by atomic mass is 35.5. The van der Waals surface area contributed by atoms with Gasteiger partial charge >= 0.3 is 0 Å². The maximum absolute atomic E-state index is 8.68. The lowest BCUT2D eigenvalue weighted by molar-refractivity contribution is 0.271. The smallest absolute Gasteiger partial charge is 0.0595 e. The Kier molecular flexibility index (Phi) is 6.90. The quantitative estimate of drug-likeness (QED) is 0.769. The lowest BCUT2D eigenvalue weighted by atomic mass is 10.2. The summed E-state index contributed by atoms with van der Waals surface area (Å²) in [6, 6.07) is 5.74. The molecule has 0 spiro atoms. The lowest BCUT2D eigenvalue weighted by Crippen LogP contribution is -2.19. The molecule has 0 aliphatic rings. The van der Waals surface area contributed by atoms with Crippen LogP contribution >= 0.6 is 23.2 Å². The predicted octanol–water partition coefficient (Wildman–Crippen LogP) is 3.59. The van der Waals surface area contributed by atoms with Crippen LogP contribution in [0.1, 0.15) is 24.8 Å². The number of hydrogen-bond acceptors (Lipinski definition) is 2. The molecule has 1 aromatic carbocycles. The summed E-state index contributed by atoms with van der Waals surface area (Å²) in [6.45, 7) is 2.19. The van der Waals surface area contributed by atoms with Crippen molar-refractivity contribution >= 4 is 23.2 Å². The number of hydrogen-bond donors (Lipinski definition) is 1. The summed E-state index contributed by atoms with van der Waals surface area (Å²) in [5, 5.41) is 9.89. The normalized spacial score (nSPS) is 11.1. The van der Waals surface area contributed by atoms with E-state index < -0.39 is 0 Å². The number of rotatable bonds is 7. The summed E-state index contributed by atoms with van der Waals surface area (Å²) in [4.78, 5) is 2.25. The number of nitrogens with zero attached hydrogens (tertiary/aromatic N) is 1. The van der Waals surface area contributed by atoms with Crippen molar-refractivity contribution in [1.82, 2.24) is 4.90 Å². The molecule has 0 unspecified atom stereocenters. The van der Waals surface area contributed by atoms with Crippen molar-refractivity contribution < 1.29 is 5.11 Å². The van der Waals surface area contributed by atoms with Crippen LogP contribution in [0.25, 0.3) is 0 Å². The molecule has 0 saturated carbocycles. The molecule has 0 aliphatic carbocycles. The van der Waals surface area contributed by atoms with E-state index in [0.29, 0.717) is 10.0 Å². The first-order valence-electron chi connectivity index (χ1n) is 5.87. The fourth-order valence-corrected chi connectivity index (χ4v) is 2.02. The van der Waals surface area contributed by atoms with Crippen LogP contribution in [0.4, 0.5) is 0 Å². The van der Waals surface area contributed by atoms with E-state index in [1.807, 2.05) is 18.2 Å². The number of benzene rings is 1. The summed E-state index contributed by atoms with van der Waals surface area (Å²) in [7, 11) is 2.08. The second kappa shape index (κ2) is 7.93. The average Bonchev–Trinajstić information content (AvgIpc) is 2.30. The zero-order valence-corrected chi connectivity index (χ0v) is 11.6. The Morgan fingerprint density at radius 3 is 2.53 bits per heavy atom.